The van der Waals surface area contributed by atoms with E-state index in [-0.39, 0.29) is 0 Å². The van der Waals surface area contributed by atoms with E-state index in [9.17, 15) is 5.11 Å². The lowest BCUT2D eigenvalue weighted by molar-refractivity contribution is 0.225. The molecule has 1 aliphatic carbocycles. The Balaban J connectivity index is 1.89. The van der Waals surface area contributed by atoms with Crippen LogP contribution in [0.1, 0.15) is 17.2 Å². The van der Waals surface area contributed by atoms with E-state index in [1.165, 1.54) is 5.56 Å². The predicted molar refractivity (Wildman–Crippen MR) is 81.4 cm³/mol. The molecule has 4 rings (SSSR count). The van der Waals surface area contributed by atoms with Crippen LogP contribution in [0.3, 0.4) is 0 Å². The summed E-state index contributed by atoms with van der Waals surface area (Å²) in [6, 6.07) is 24.7. The topological polar surface area (TPSA) is 20.2 Å². The summed E-state index contributed by atoms with van der Waals surface area (Å²) in [4.78, 5) is 0. The maximum atomic E-state index is 10.5. The lowest BCUT2D eigenvalue weighted by atomic mass is 9.99. The maximum absolute atomic E-state index is 10.5. The van der Waals surface area contributed by atoms with E-state index in [0.717, 1.165) is 27.8 Å². The van der Waals surface area contributed by atoms with Crippen molar-refractivity contribution in [2.45, 2.75) is 6.10 Å². The molecule has 1 heteroatoms. The second kappa shape index (κ2) is 4.32. The van der Waals surface area contributed by atoms with Crippen LogP contribution in [0.5, 0.6) is 0 Å². The van der Waals surface area contributed by atoms with Gasteiger partial charge >= 0.3 is 0 Å². The third-order valence-corrected chi connectivity index (χ3v) is 4.00. The van der Waals surface area contributed by atoms with Gasteiger partial charge in [-0.1, -0.05) is 66.7 Å². The molecular formula is C19H14O. The summed E-state index contributed by atoms with van der Waals surface area (Å²) >= 11 is 0. The van der Waals surface area contributed by atoms with Crippen molar-refractivity contribution < 1.29 is 5.11 Å². The third kappa shape index (κ3) is 1.60. The van der Waals surface area contributed by atoms with Crippen molar-refractivity contribution in [3.05, 3.63) is 83.9 Å². The van der Waals surface area contributed by atoms with Crippen molar-refractivity contribution in [2.24, 2.45) is 0 Å². The van der Waals surface area contributed by atoms with E-state index in [1.54, 1.807) is 0 Å². The van der Waals surface area contributed by atoms with E-state index < -0.39 is 6.10 Å². The van der Waals surface area contributed by atoms with Crippen LogP contribution in [0.25, 0.3) is 22.3 Å². The monoisotopic (exact) mass is 258 g/mol. The fraction of sp³-hybridized carbons (Fsp3) is 0.0526. The molecule has 3 aromatic carbocycles. The van der Waals surface area contributed by atoms with E-state index in [1.807, 2.05) is 36.4 Å². The summed E-state index contributed by atoms with van der Waals surface area (Å²) in [5, 5.41) is 10.5. The molecule has 0 spiro atoms. The number of hydrogen-bond donors (Lipinski definition) is 1. The first-order valence-electron chi connectivity index (χ1n) is 6.81. The van der Waals surface area contributed by atoms with Gasteiger partial charge in [0.25, 0.3) is 0 Å². The van der Waals surface area contributed by atoms with E-state index in [0.29, 0.717) is 0 Å². The highest BCUT2D eigenvalue weighted by atomic mass is 16.3. The molecule has 0 aromatic heterocycles. The predicted octanol–water partition coefficient (Wildman–Crippen LogP) is 4.42. The standard InChI is InChI=1S/C19H14O/c20-19-17-9-5-4-8-15(17)16-11-10-14(12-18(16)19)13-6-2-1-3-7-13/h1-12,19-20H. The van der Waals surface area contributed by atoms with Gasteiger partial charge in [-0.2, -0.15) is 0 Å². The minimum Gasteiger partial charge on any atom is -0.384 e. The summed E-state index contributed by atoms with van der Waals surface area (Å²) in [6.45, 7) is 0. The van der Waals surface area contributed by atoms with Gasteiger partial charge in [-0.05, 0) is 39.4 Å². The highest BCUT2D eigenvalue weighted by Crippen LogP contribution is 2.44. The second-order valence-corrected chi connectivity index (χ2v) is 5.16. The summed E-state index contributed by atoms with van der Waals surface area (Å²) in [7, 11) is 0. The van der Waals surface area contributed by atoms with Crippen molar-refractivity contribution in [1.29, 1.82) is 0 Å². The van der Waals surface area contributed by atoms with Crippen LogP contribution in [0, 0.1) is 0 Å². The lowest BCUT2D eigenvalue weighted by Crippen LogP contribution is -1.93. The highest BCUT2D eigenvalue weighted by Gasteiger charge is 2.26. The number of aliphatic hydroxyl groups excluding tert-OH is 1. The normalized spacial score (nSPS) is 15.8. The average molecular weight is 258 g/mol. The van der Waals surface area contributed by atoms with Crippen LogP contribution in [0.15, 0.2) is 72.8 Å². The van der Waals surface area contributed by atoms with Gasteiger partial charge in [0.15, 0.2) is 0 Å². The fourth-order valence-corrected chi connectivity index (χ4v) is 2.99. The molecule has 1 unspecified atom stereocenters. The van der Waals surface area contributed by atoms with Gasteiger partial charge in [0, 0.05) is 0 Å². The molecule has 1 atom stereocenters. The van der Waals surface area contributed by atoms with Crippen molar-refractivity contribution in [3.8, 4) is 22.3 Å². The SMILES string of the molecule is OC1c2ccccc2-c2ccc(-c3ccccc3)cc21. The zero-order chi connectivity index (χ0) is 13.5. The zero-order valence-corrected chi connectivity index (χ0v) is 11.0. The summed E-state index contributed by atoms with van der Waals surface area (Å²) in [6.07, 6.45) is -0.509. The third-order valence-electron chi connectivity index (χ3n) is 4.00. The molecule has 0 amide bonds. The molecule has 1 aliphatic rings. The molecule has 0 heterocycles. The second-order valence-electron chi connectivity index (χ2n) is 5.16. The molecule has 0 aliphatic heterocycles. The van der Waals surface area contributed by atoms with Gasteiger partial charge in [0.05, 0.1) is 0 Å². The van der Waals surface area contributed by atoms with Crippen LogP contribution < -0.4 is 0 Å². The Morgan fingerprint density at radius 1 is 0.600 bits per heavy atom. The summed E-state index contributed by atoms with van der Waals surface area (Å²) in [5.41, 5.74) is 6.64. The Hall–Kier alpha value is -2.38. The largest absolute Gasteiger partial charge is 0.384 e. The Morgan fingerprint density at radius 2 is 1.30 bits per heavy atom. The van der Waals surface area contributed by atoms with Crippen LogP contribution in [0.4, 0.5) is 0 Å². The molecule has 0 bridgehead atoms. The molecule has 0 saturated heterocycles. The van der Waals surface area contributed by atoms with Crippen LogP contribution in [-0.2, 0) is 0 Å². The Morgan fingerprint density at radius 3 is 2.15 bits per heavy atom. The molecule has 1 nitrogen and oxygen atoms in total. The molecule has 20 heavy (non-hydrogen) atoms. The molecule has 0 saturated carbocycles. The highest BCUT2D eigenvalue weighted by molar-refractivity contribution is 5.81. The fourth-order valence-electron chi connectivity index (χ4n) is 2.99. The molecular weight excluding hydrogens is 244 g/mol. The van der Waals surface area contributed by atoms with Crippen molar-refractivity contribution in [3.63, 3.8) is 0 Å². The first kappa shape index (κ1) is 11.4. The average Bonchev–Trinajstić information content (AvgIpc) is 2.81. The Kier molecular flexibility index (Phi) is 2.48. The number of benzene rings is 3. The molecule has 96 valence electrons. The minimum absolute atomic E-state index is 0.509. The van der Waals surface area contributed by atoms with Crippen LogP contribution >= 0.6 is 0 Å². The molecule has 1 N–H and O–H groups in total. The Bertz CT molecular complexity index is 775. The summed E-state index contributed by atoms with van der Waals surface area (Å²) in [5.74, 6) is 0. The first-order valence-corrected chi connectivity index (χ1v) is 6.81. The smallest absolute Gasteiger partial charge is 0.105 e. The number of hydrogen-bond acceptors (Lipinski definition) is 1. The number of aliphatic hydroxyl groups is 1. The van der Waals surface area contributed by atoms with E-state index in [4.69, 9.17) is 0 Å². The van der Waals surface area contributed by atoms with Gasteiger partial charge in [0.2, 0.25) is 0 Å². The van der Waals surface area contributed by atoms with Gasteiger partial charge in [0.1, 0.15) is 6.10 Å². The van der Waals surface area contributed by atoms with E-state index in [2.05, 4.69) is 36.4 Å². The van der Waals surface area contributed by atoms with Crippen molar-refractivity contribution >= 4 is 0 Å². The van der Waals surface area contributed by atoms with Gasteiger partial charge < -0.3 is 5.11 Å². The van der Waals surface area contributed by atoms with Gasteiger partial charge in [-0.25, -0.2) is 0 Å². The van der Waals surface area contributed by atoms with Gasteiger partial charge in [-0.3, -0.25) is 0 Å². The molecule has 0 radical (unpaired) electrons. The van der Waals surface area contributed by atoms with Crippen LogP contribution in [-0.4, -0.2) is 5.11 Å². The quantitative estimate of drug-likeness (QED) is 0.685. The van der Waals surface area contributed by atoms with Crippen LogP contribution in [0.2, 0.25) is 0 Å². The molecule has 3 aromatic rings. The van der Waals surface area contributed by atoms with Crippen molar-refractivity contribution in [2.75, 3.05) is 0 Å². The molecule has 0 fully saturated rings. The maximum Gasteiger partial charge on any atom is 0.105 e. The number of fused-ring (bicyclic) bond motifs is 3. The zero-order valence-electron chi connectivity index (χ0n) is 11.0. The first-order chi connectivity index (χ1) is 9.84. The van der Waals surface area contributed by atoms with E-state index >= 15 is 0 Å². The lowest BCUT2D eigenvalue weighted by Gasteiger charge is -2.08. The van der Waals surface area contributed by atoms with Crippen molar-refractivity contribution in [1.82, 2.24) is 0 Å². The minimum atomic E-state index is -0.509. The Labute approximate surface area is 118 Å². The number of rotatable bonds is 1. The summed E-state index contributed by atoms with van der Waals surface area (Å²) < 4.78 is 0. The van der Waals surface area contributed by atoms with Gasteiger partial charge in [-0.15, -0.1) is 0 Å².